The van der Waals surface area contributed by atoms with Crippen LogP contribution in [0.1, 0.15) is 53.9 Å². The third-order valence-electron chi connectivity index (χ3n) is 6.78. The zero-order valence-corrected chi connectivity index (χ0v) is 18.6. The Hall–Kier alpha value is -2.56. The van der Waals surface area contributed by atoms with Crippen molar-refractivity contribution in [1.29, 1.82) is 0 Å². The average Bonchev–Trinajstić information content (AvgIpc) is 2.80. The Morgan fingerprint density at radius 2 is 1.31 bits per heavy atom. The van der Waals surface area contributed by atoms with E-state index in [0.29, 0.717) is 0 Å². The second-order valence-corrected chi connectivity index (χ2v) is 9.04. The molecule has 0 aromatic heterocycles. The van der Waals surface area contributed by atoms with Crippen LogP contribution < -0.4 is 0 Å². The van der Waals surface area contributed by atoms with E-state index in [1.807, 2.05) is 36.4 Å². The van der Waals surface area contributed by atoms with Gasteiger partial charge in [0, 0.05) is 19.0 Å². The second-order valence-electron chi connectivity index (χ2n) is 9.04. The molecule has 32 heavy (non-hydrogen) atoms. The van der Waals surface area contributed by atoms with Crippen molar-refractivity contribution in [3.8, 4) is 0 Å². The molecule has 0 saturated carbocycles. The second kappa shape index (κ2) is 9.93. The summed E-state index contributed by atoms with van der Waals surface area (Å²) in [6, 6.07) is 21.5. The van der Waals surface area contributed by atoms with Crippen molar-refractivity contribution in [2.24, 2.45) is 0 Å². The molecule has 168 valence electrons. The fourth-order valence-electron chi connectivity index (χ4n) is 4.73. The van der Waals surface area contributed by atoms with Gasteiger partial charge in [-0.25, -0.2) is 8.78 Å². The van der Waals surface area contributed by atoms with Gasteiger partial charge >= 0.3 is 0 Å². The Labute approximate surface area is 189 Å². The molecule has 0 radical (unpaired) electrons. The summed E-state index contributed by atoms with van der Waals surface area (Å²) in [7, 11) is 0. The van der Waals surface area contributed by atoms with E-state index >= 15 is 0 Å². The molecule has 1 N–H and O–H groups in total. The highest BCUT2D eigenvalue weighted by molar-refractivity contribution is 5.33. The number of hydrogen-bond acceptors (Lipinski definition) is 2. The number of nitrogens with zero attached hydrogens (tertiary/aromatic N) is 1. The highest BCUT2D eigenvalue weighted by Crippen LogP contribution is 2.34. The molecule has 1 heterocycles. The Bertz CT molecular complexity index is 946. The molecule has 0 spiro atoms. The lowest BCUT2D eigenvalue weighted by Gasteiger charge is -2.38. The predicted octanol–water partition coefficient (Wildman–Crippen LogP) is 6.17. The molecule has 1 fully saturated rings. The summed E-state index contributed by atoms with van der Waals surface area (Å²) in [6.07, 6.45) is 3.34. The lowest BCUT2D eigenvalue weighted by atomic mass is 9.84. The van der Waals surface area contributed by atoms with Crippen LogP contribution in [-0.2, 0) is 5.60 Å². The van der Waals surface area contributed by atoms with Gasteiger partial charge in [-0.3, -0.25) is 0 Å². The first-order chi connectivity index (χ1) is 15.4. The van der Waals surface area contributed by atoms with Crippen molar-refractivity contribution in [2.75, 3.05) is 19.6 Å². The van der Waals surface area contributed by atoms with Gasteiger partial charge in [0.25, 0.3) is 0 Å². The molecule has 2 nitrogen and oxygen atoms in total. The van der Waals surface area contributed by atoms with Crippen molar-refractivity contribution in [3.05, 3.63) is 107 Å². The zero-order valence-electron chi connectivity index (χ0n) is 18.6. The molecule has 0 amide bonds. The van der Waals surface area contributed by atoms with E-state index in [2.05, 4.69) is 24.0 Å². The topological polar surface area (TPSA) is 23.5 Å². The normalized spacial score (nSPS) is 16.4. The molecule has 4 heteroatoms. The van der Waals surface area contributed by atoms with Crippen LogP contribution in [0.15, 0.2) is 72.8 Å². The summed E-state index contributed by atoms with van der Waals surface area (Å²) in [5.41, 5.74) is 3.56. The van der Waals surface area contributed by atoms with Crippen molar-refractivity contribution >= 4 is 0 Å². The van der Waals surface area contributed by atoms with E-state index in [9.17, 15) is 13.9 Å². The summed E-state index contributed by atoms with van der Waals surface area (Å²) < 4.78 is 26.9. The summed E-state index contributed by atoms with van der Waals surface area (Å²) in [4.78, 5) is 2.41. The molecule has 3 aromatic rings. The SMILES string of the molecule is Cc1ccc(C2(O)CCN(CCCC(c3ccc(F)cc3)c3ccc(F)cc3)CC2)cc1. The van der Waals surface area contributed by atoms with Gasteiger partial charge in [-0.15, -0.1) is 0 Å². The number of benzene rings is 3. The molecule has 0 bridgehead atoms. The van der Waals surface area contributed by atoms with Crippen LogP contribution in [0.2, 0.25) is 0 Å². The quantitative estimate of drug-likeness (QED) is 0.480. The first-order valence-corrected chi connectivity index (χ1v) is 11.5. The smallest absolute Gasteiger partial charge is 0.123 e. The standard InChI is InChI=1S/C28H31F2NO/c1-21-4-10-24(11-5-21)28(32)16-19-31(20-17-28)18-2-3-27(22-6-12-25(29)13-7-22)23-8-14-26(30)15-9-23/h4-15,27,32H,2-3,16-20H2,1H3. The molecule has 0 aliphatic carbocycles. The van der Waals surface area contributed by atoms with E-state index < -0.39 is 5.60 Å². The Morgan fingerprint density at radius 1 is 0.812 bits per heavy atom. The monoisotopic (exact) mass is 435 g/mol. The largest absolute Gasteiger partial charge is 0.385 e. The van der Waals surface area contributed by atoms with Gasteiger partial charge in [-0.1, -0.05) is 54.1 Å². The fraction of sp³-hybridized carbons (Fsp3) is 0.357. The van der Waals surface area contributed by atoms with E-state index in [1.165, 1.54) is 29.8 Å². The highest BCUT2D eigenvalue weighted by Gasteiger charge is 2.33. The third kappa shape index (κ3) is 5.43. The lowest BCUT2D eigenvalue weighted by molar-refractivity contribution is -0.0261. The lowest BCUT2D eigenvalue weighted by Crippen LogP contribution is -2.42. The van der Waals surface area contributed by atoms with Crippen LogP contribution in [0.3, 0.4) is 0 Å². The minimum Gasteiger partial charge on any atom is -0.385 e. The van der Waals surface area contributed by atoms with E-state index in [4.69, 9.17) is 0 Å². The Balaban J connectivity index is 1.35. The molecule has 1 aliphatic heterocycles. The van der Waals surface area contributed by atoms with Gasteiger partial charge in [-0.2, -0.15) is 0 Å². The maximum absolute atomic E-state index is 13.4. The van der Waals surface area contributed by atoms with Gasteiger partial charge in [-0.05, 0) is 80.1 Å². The number of rotatable bonds is 7. The fourth-order valence-corrected chi connectivity index (χ4v) is 4.73. The average molecular weight is 436 g/mol. The maximum Gasteiger partial charge on any atom is 0.123 e. The molecule has 1 aliphatic rings. The van der Waals surface area contributed by atoms with Gasteiger partial charge in [0.1, 0.15) is 11.6 Å². The van der Waals surface area contributed by atoms with Gasteiger partial charge < -0.3 is 10.0 Å². The highest BCUT2D eigenvalue weighted by atomic mass is 19.1. The van der Waals surface area contributed by atoms with Crippen molar-refractivity contribution in [1.82, 2.24) is 4.90 Å². The van der Waals surface area contributed by atoms with Crippen molar-refractivity contribution in [3.63, 3.8) is 0 Å². The summed E-state index contributed by atoms with van der Waals surface area (Å²) in [6.45, 7) is 4.73. The van der Waals surface area contributed by atoms with Crippen LogP contribution in [0.25, 0.3) is 0 Å². The van der Waals surface area contributed by atoms with E-state index in [1.54, 1.807) is 0 Å². The molecular formula is C28H31F2NO. The predicted molar refractivity (Wildman–Crippen MR) is 125 cm³/mol. The first kappa shape index (κ1) is 22.6. The van der Waals surface area contributed by atoms with E-state index in [-0.39, 0.29) is 17.6 Å². The number of piperidine rings is 1. The van der Waals surface area contributed by atoms with Crippen LogP contribution >= 0.6 is 0 Å². The molecule has 1 saturated heterocycles. The van der Waals surface area contributed by atoms with Crippen molar-refractivity contribution in [2.45, 2.75) is 44.1 Å². The number of aryl methyl sites for hydroxylation is 1. The Kier molecular flexibility index (Phi) is 7.02. The minimum absolute atomic E-state index is 0.102. The summed E-state index contributed by atoms with van der Waals surface area (Å²) >= 11 is 0. The maximum atomic E-state index is 13.4. The Morgan fingerprint density at radius 3 is 1.81 bits per heavy atom. The molecular weight excluding hydrogens is 404 g/mol. The minimum atomic E-state index is -0.741. The van der Waals surface area contributed by atoms with Crippen LogP contribution in [-0.4, -0.2) is 29.6 Å². The summed E-state index contributed by atoms with van der Waals surface area (Å²) in [5.74, 6) is -0.396. The van der Waals surface area contributed by atoms with Crippen molar-refractivity contribution < 1.29 is 13.9 Å². The summed E-state index contributed by atoms with van der Waals surface area (Å²) in [5, 5.41) is 11.1. The zero-order chi connectivity index (χ0) is 22.6. The van der Waals surface area contributed by atoms with Crippen LogP contribution in [0, 0.1) is 18.6 Å². The molecule has 4 rings (SSSR count). The van der Waals surface area contributed by atoms with Gasteiger partial charge in [0.15, 0.2) is 0 Å². The number of hydrogen-bond donors (Lipinski definition) is 1. The molecule has 0 unspecified atom stereocenters. The molecule has 0 atom stereocenters. The number of aliphatic hydroxyl groups is 1. The molecule has 3 aromatic carbocycles. The van der Waals surface area contributed by atoms with Gasteiger partial charge in [0.2, 0.25) is 0 Å². The number of halogens is 2. The van der Waals surface area contributed by atoms with E-state index in [0.717, 1.165) is 62.0 Å². The van der Waals surface area contributed by atoms with Gasteiger partial charge in [0.05, 0.1) is 5.60 Å². The third-order valence-corrected chi connectivity index (χ3v) is 6.78. The van der Waals surface area contributed by atoms with Crippen LogP contribution in [0.4, 0.5) is 8.78 Å². The first-order valence-electron chi connectivity index (χ1n) is 11.5. The number of likely N-dealkylation sites (tertiary alicyclic amines) is 1. The van der Waals surface area contributed by atoms with Crippen LogP contribution in [0.5, 0.6) is 0 Å².